The molecule has 0 unspecified atom stereocenters. The second-order valence-corrected chi connectivity index (χ2v) is 10.6. The Morgan fingerprint density at radius 3 is 2.59 bits per heavy atom. The van der Waals surface area contributed by atoms with Gasteiger partial charge in [-0.15, -0.1) is 0 Å². The van der Waals surface area contributed by atoms with E-state index >= 15 is 0 Å². The smallest absolute Gasteiger partial charge is 0.276 e. The van der Waals surface area contributed by atoms with Crippen molar-refractivity contribution in [1.29, 1.82) is 0 Å². The molecule has 0 spiro atoms. The average Bonchev–Trinajstić information content (AvgIpc) is 3.55. The topological polar surface area (TPSA) is 115 Å². The predicted molar refractivity (Wildman–Crippen MR) is 116 cm³/mol. The summed E-state index contributed by atoms with van der Waals surface area (Å²) in [5.41, 5.74) is 3.14. The van der Waals surface area contributed by atoms with Crippen molar-refractivity contribution in [3.63, 3.8) is 0 Å². The van der Waals surface area contributed by atoms with Gasteiger partial charge < -0.3 is 18.7 Å². The number of hydrogen-bond acceptors (Lipinski definition) is 8. The van der Waals surface area contributed by atoms with Gasteiger partial charge in [-0.3, -0.25) is 9.48 Å². The summed E-state index contributed by atoms with van der Waals surface area (Å²) in [4.78, 5) is 16.9. The van der Waals surface area contributed by atoms with Crippen molar-refractivity contribution in [3.05, 3.63) is 41.5 Å². The highest BCUT2D eigenvalue weighted by Gasteiger charge is 2.33. The number of amides is 1. The molecule has 0 aliphatic carbocycles. The molecule has 10 nitrogen and oxygen atoms in total. The van der Waals surface area contributed by atoms with Gasteiger partial charge in [0.05, 0.1) is 40.9 Å². The van der Waals surface area contributed by atoms with Crippen LogP contribution in [0.15, 0.2) is 33.4 Å². The van der Waals surface area contributed by atoms with Crippen LogP contribution in [-0.2, 0) is 9.84 Å². The maximum atomic E-state index is 12.9. The molecule has 0 N–H and O–H groups in total. The minimum atomic E-state index is -2.98. The largest absolute Gasteiger partial charge is 0.461 e. The lowest BCUT2D eigenvalue weighted by Gasteiger charge is -2.36. The van der Waals surface area contributed by atoms with E-state index in [2.05, 4.69) is 15.2 Å². The third-order valence-electron chi connectivity index (χ3n) is 6.22. The number of furan rings is 1. The van der Waals surface area contributed by atoms with Gasteiger partial charge >= 0.3 is 0 Å². The molecule has 11 heteroatoms. The number of hydrogen-bond donors (Lipinski definition) is 0. The fourth-order valence-electron chi connectivity index (χ4n) is 4.64. The number of sulfone groups is 1. The Morgan fingerprint density at radius 1 is 1.16 bits per heavy atom. The standard InChI is InChI=1S/C21H25N5O5S/c1-14-20(15(2)26(22-14)16-5-11-32(28,29)13-16)24-6-8-25(9-7-24)21(27)17-12-19(31-23-17)18-4-3-10-30-18/h3-4,10,12,16H,5-9,11,13H2,1-2H3/t16-/m1/s1. The zero-order valence-corrected chi connectivity index (χ0v) is 18.8. The number of carbonyl (C=O) groups is 1. The Balaban J connectivity index is 1.27. The van der Waals surface area contributed by atoms with Gasteiger partial charge in [-0.2, -0.15) is 5.10 Å². The molecule has 0 radical (unpaired) electrons. The Morgan fingerprint density at radius 2 is 1.94 bits per heavy atom. The number of carbonyl (C=O) groups excluding carboxylic acids is 1. The lowest BCUT2D eigenvalue weighted by atomic mass is 10.2. The molecule has 32 heavy (non-hydrogen) atoms. The number of aromatic nitrogens is 3. The molecule has 2 aliphatic rings. The lowest BCUT2D eigenvalue weighted by molar-refractivity contribution is 0.0736. The Bertz CT molecular complexity index is 1240. The summed E-state index contributed by atoms with van der Waals surface area (Å²) in [6, 6.07) is 4.99. The van der Waals surface area contributed by atoms with Gasteiger partial charge in [0, 0.05) is 32.2 Å². The quantitative estimate of drug-likeness (QED) is 0.582. The van der Waals surface area contributed by atoms with Crippen molar-refractivity contribution in [2.75, 3.05) is 42.6 Å². The zero-order valence-electron chi connectivity index (χ0n) is 18.0. The zero-order chi connectivity index (χ0) is 22.5. The van der Waals surface area contributed by atoms with Crippen LogP contribution in [-0.4, -0.2) is 71.8 Å². The van der Waals surface area contributed by atoms with Crippen molar-refractivity contribution in [2.24, 2.45) is 0 Å². The average molecular weight is 460 g/mol. The van der Waals surface area contributed by atoms with Crippen LogP contribution in [0, 0.1) is 13.8 Å². The second kappa shape index (κ2) is 7.80. The fraction of sp³-hybridized carbons (Fsp3) is 0.476. The van der Waals surface area contributed by atoms with Crippen LogP contribution < -0.4 is 4.90 Å². The Labute approximate surface area is 185 Å². The van der Waals surface area contributed by atoms with E-state index in [1.807, 2.05) is 18.5 Å². The molecule has 2 saturated heterocycles. The first-order valence-corrected chi connectivity index (χ1v) is 12.5. The second-order valence-electron chi connectivity index (χ2n) is 8.35. The van der Waals surface area contributed by atoms with Crippen molar-refractivity contribution < 1.29 is 22.2 Å². The highest BCUT2D eigenvalue weighted by Crippen LogP contribution is 2.32. The van der Waals surface area contributed by atoms with E-state index in [-0.39, 0.29) is 29.1 Å². The molecule has 1 amide bonds. The molecular formula is C21H25N5O5S. The summed E-state index contributed by atoms with van der Waals surface area (Å²) in [5.74, 6) is 1.14. The van der Waals surface area contributed by atoms with E-state index in [0.717, 1.165) is 17.1 Å². The third-order valence-corrected chi connectivity index (χ3v) is 7.97. The van der Waals surface area contributed by atoms with E-state index in [1.54, 1.807) is 23.1 Å². The highest BCUT2D eigenvalue weighted by molar-refractivity contribution is 7.91. The van der Waals surface area contributed by atoms with Gasteiger partial charge in [-0.05, 0) is 32.4 Å². The molecule has 5 rings (SSSR count). The van der Waals surface area contributed by atoms with Crippen LogP contribution >= 0.6 is 0 Å². The van der Waals surface area contributed by atoms with Crippen LogP contribution in [0.5, 0.6) is 0 Å². The normalized spacial score (nSPS) is 20.8. The van der Waals surface area contributed by atoms with Crippen LogP contribution in [0.1, 0.15) is 34.3 Å². The minimum absolute atomic E-state index is 0.106. The summed E-state index contributed by atoms with van der Waals surface area (Å²) in [6.07, 6.45) is 2.14. The molecule has 3 aromatic heterocycles. The molecular weight excluding hydrogens is 434 g/mol. The first kappa shape index (κ1) is 20.8. The molecule has 1 atom stereocenters. The van der Waals surface area contributed by atoms with Crippen LogP contribution in [0.4, 0.5) is 5.69 Å². The first-order chi connectivity index (χ1) is 15.3. The summed E-state index contributed by atoms with van der Waals surface area (Å²) < 4.78 is 36.2. The molecule has 0 bridgehead atoms. The van der Waals surface area contributed by atoms with E-state index in [4.69, 9.17) is 8.94 Å². The molecule has 170 valence electrons. The SMILES string of the molecule is Cc1nn([C@@H]2CCS(=O)(=O)C2)c(C)c1N1CCN(C(=O)c2cc(-c3ccco3)on2)CC1. The van der Waals surface area contributed by atoms with Crippen LogP contribution in [0.3, 0.4) is 0 Å². The van der Waals surface area contributed by atoms with E-state index < -0.39 is 9.84 Å². The van der Waals surface area contributed by atoms with Crippen molar-refractivity contribution in [1.82, 2.24) is 19.8 Å². The van der Waals surface area contributed by atoms with Crippen molar-refractivity contribution in [3.8, 4) is 11.5 Å². The monoisotopic (exact) mass is 459 g/mol. The summed E-state index contributed by atoms with van der Waals surface area (Å²) >= 11 is 0. The molecule has 2 fully saturated rings. The van der Waals surface area contributed by atoms with E-state index in [1.165, 1.54) is 6.26 Å². The maximum absolute atomic E-state index is 12.9. The molecule has 3 aromatic rings. The van der Waals surface area contributed by atoms with E-state index in [9.17, 15) is 13.2 Å². The van der Waals surface area contributed by atoms with Crippen LogP contribution in [0.2, 0.25) is 0 Å². The van der Waals surface area contributed by atoms with Gasteiger partial charge in [0.2, 0.25) is 5.76 Å². The van der Waals surface area contributed by atoms with Crippen molar-refractivity contribution >= 4 is 21.4 Å². The molecule has 2 aliphatic heterocycles. The van der Waals surface area contributed by atoms with E-state index in [0.29, 0.717) is 44.1 Å². The van der Waals surface area contributed by atoms with Crippen molar-refractivity contribution in [2.45, 2.75) is 26.3 Å². The van der Waals surface area contributed by atoms with Crippen LogP contribution in [0.25, 0.3) is 11.5 Å². The number of anilines is 1. The predicted octanol–water partition coefficient (Wildman–Crippen LogP) is 2.07. The molecule has 5 heterocycles. The molecule has 0 saturated carbocycles. The summed E-state index contributed by atoms with van der Waals surface area (Å²) in [7, 11) is -2.98. The Kier molecular flexibility index (Phi) is 5.07. The minimum Gasteiger partial charge on any atom is -0.461 e. The fourth-order valence-corrected chi connectivity index (χ4v) is 6.33. The third kappa shape index (κ3) is 3.70. The van der Waals surface area contributed by atoms with Gasteiger partial charge in [0.15, 0.2) is 21.3 Å². The number of nitrogens with zero attached hydrogens (tertiary/aromatic N) is 5. The number of piperazine rings is 1. The van der Waals surface area contributed by atoms with Gasteiger partial charge in [0.1, 0.15) is 0 Å². The number of rotatable bonds is 4. The Hall–Kier alpha value is -3.08. The summed E-state index contributed by atoms with van der Waals surface area (Å²) in [6.45, 7) is 6.35. The van der Waals surface area contributed by atoms with Gasteiger partial charge in [-0.1, -0.05) is 5.16 Å². The van der Waals surface area contributed by atoms with Gasteiger partial charge in [0.25, 0.3) is 5.91 Å². The van der Waals surface area contributed by atoms with Gasteiger partial charge in [-0.25, -0.2) is 8.42 Å². The number of aryl methyl sites for hydroxylation is 1. The molecule has 0 aromatic carbocycles. The highest BCUT2D eigenvalue weighted by atomic mass is 32.2. The maximum Gasteiger partial charge on any atom is 0.276 e. The lowest BCUT2D eigenvalue weighted by Crippen LogP contribution is -2.49. The first-order valence-electron chi connectivity index (χ1n) is 10.6. The summed E-state index contributed by atoms with van der Waals surface area (Å²) in [5, 5.41) is 8.57.